The van der Waals surface area contributed by atoms with Crippen molar-refractivity contribution in [1.29, 1.82) is 0 Å². The van der Waals surface area contributed by atoms with E-state index in [1.165, 1.54) is 17.0 Å². The van der Waals surface area contributed by atoms with Crippen LogP contribution in [0.2, 0.25) is 0 Å². The molecule has 0 aliphatic heterocycles. The summed E-state index contributed by atoms with van der Waals surface area (Å²) in [5.41, 5.74) is -0.139. The number of hydrogen-bond donors (Lipinski definition) is 1. The monoisotopic (exact) mass is 554 g/mol. The molecule has 1 N–H and O–H groups in total. The summed E-state index contributed by atoms with van der Waals surface area (Å²) in [4.78, 5) is 40.0. The summed E-state index contributed by atoms with van der Waals surface area (Å²) < 4.78 is 39.7. The summed E-state index contributed by atoms with van der Waals surface area (Å²) in [6.45, 7) is 6.34. The number of sulfonamides is 1. The first-order chi connectivity index (χ1) is 18.4. The van der Waals surface area contributed by atoms with E-state index < -0.39 is 52.5 Å². The van der Waals surface area contributed by atoms with E-state index in [0.29, 0.717) is 10.9 Å². The molecular formula is C29H34N2O7S. The molecule has 0 aliphatic rings. The summed E-state index contributed by atoms with van der Waals surface area (Å²) >= 11 is 0. The molecule has 3 rings (SSSR count). The lowest BCUT2D eigenvalue weighted by molar-refractivity contribution is -0.157. The van der Waals surface area contributed by atoms with Gasteiger partial charge in [0.1, 0.15) is 18.2 Å². The van der Waals surface area contributed by atoms with Crippen LogP contribution in [0.25, 0.3) is 10.8 Å². The van der Waals surface area contributed by atoms with Gasteiger partial charge in [0.25, 0.3) is 0 Å². The number of benzene rings is 3. The largest absolute Gasteiger partial charge is 0.465 e. The van der Waals surface area contributed by atoms with Gasteiger partial charge in [-0.15, -0.1) is 0 Å². The van der Waals surface area contributed by atoms with Crippen molar-refractivity contribution in [1.82, 2.24) is 9.62 Å². The van der Waals surface area contributed by atoms with Gasteiger partial charge in [0, 0.05) is 6.54 Å². The van der Waals surface area contributed by atoms with Crippen LogP contribution in [0.15, 0.2) is 77.7 Å². The van der Waals surface area contributed by atoms with E-state index in [2.05, 4.69) is 4.72 Å². The van der Waals surface area contributed by atoms with Crippen LogP contribution in [0.4, 0.5) is 0 Å². The molecule has 9 nitrogen and oxygen atoms in total. The molecule has 10 heteroatoms. The van der Waals surface area contributed by atoms with Gasteiger partial charge in [-0.3, -0.25) is 14.4 Å². The molecule has 0 saturated carbocycles. The van der Waals surface area contributed by atoms with Gasteiger partial charge in [-0.05, 0) is 56.2 Å². The molecule has 0 fully saturated rings. The van der Waals surface area contributed by atoms with Crippen molar-refractivity contribution in [2.24, 2.45) is 0 Å². The van der Waals surface area contributed by atoms with E-state index in [1.807, 2.05) is 18.2 Å². The van der Waals surface area contributed by atoms with Crippen molar-refractivity contribution in [2.45, 2.75) is 57.2 Å². The molecule has 39 heavy (non-hydrogen) atoms. The quantitative estimate of drug-likeness (QED) is 0.358. The molecule has 0 saturated heterocycles. The first-order valence-electron chi connectivity index (χ1n) is 12.6. The third kappa shape index (κ3) is 8.90. The molecule has 0 aromatic heterocycles. The summed E-state index contributed by atoms with van der Waals surface area (Å²) in [6, 6.07) is 19.2. The minimum Gasteiger partial charge on any atom is -0.465 e. The number of nitrogens with zero attached hydrogens (tertiary/aromatic N) is 1. The summed E-state index contributed by atoms with van der Waals surface area (Å²) in [6.07, 6.45) is -0.572. The number of amides is 1. The number of hydrogen-bond acceptors (Lipinski definition) is 7. The Kier molecular flexibility index (Phi) is 9.82. The number of nitrogens with one attached hydrogen (secondary N) is 1. The van der Waals surface area contributed by atoms with Gasteiger partial charge in [0.15, 0.2) is 0 Å². The maximum Gasteiger partial charge on any atom is 0.325 e. The molecule has 0 unspecified atom stereocenters. The fourth-order valence-electron chi connectivity index (χ4n) is 3.92. The third-order valence-corrected chi connectivity index (χ3v) is 7.04. The zero-order chi connectivity index (χ0) is 28.6. The number of carbonyl (C=O) groups is 3. The maximum absolute atomic E-state index is 13.8. The highest BCUT2D eigenvalue weighted by molar-refractivity contribution is 7.89. The van der Waals surface area contributed by atoms with E-state index in [-0.39, 0.29) is 18.0 Å². The van der Waals surface area contributed by atoms with Crippen LogP contribution in [0, 0.1) is 0 Å². The lowest BCUT2D eigenvalue weighted by Crippen LogP contribution is -2.51. The molecule has 1 atom stereocenters. The standard InChI is InChI=1S/C29H34N2O7S/c1-5-37-27(33)20-31(19-21-11-7-6-8-12-21)28(34)25(18-26(32)38-29(2,3)4)30-39(35,36)24-16-15-22-13-9-10-14-23(22)17-24/h6-17,25,30H,5,18-20H2,1-4H3/t25-/m0/s1. The first-order valence-corrected chi connectivity index (χ1v) is 14.1. The van der Waals surface area contributed by atoms with Crippen LogP contribution in [-0.2, 0) is 40.4 Å². The van der Waals surface area contributed by atoms with Gasteiger partial charge in [-0.25, -0.2) is 8.42 Å². The second-order valence-corrected chi connectivity index (χ2v) is 11.7. The minimum atomic E-state index is -4.25. The van der Waals surface area contributed by atoms with Gasteiger partial charge in [-0.1, -0.05) is 60.7 Å². The molecule has 1 amide bonds. The normalized spacial score (nSPS) is 12.5. The molecule has 0 bridgehead atoms. The van der Waals surface area contributed by atoms with E-state index in [1.54, 1.807) is 70.2 Å². The Morgan fingerprint density at radius 1 is 0.897 bits per heavy atom. The van der Waals surface area contributed by atoms with Gasteiger partial charge >= 0.3 is 11.9 Å². The maximum atomic E-state index is 13.8. The lowest BCUT2D eigenvalue weighted by Gasteiger charge is -2.28. The zero-order valence-electron chi connectivity index (χ0n) is 22.5. The number of rotatable bonds is 11. The van der Waals surface area contributed by atoms with Crippen molar-refractivity contribution in [2.75, 3.05) is 13.2 Å². The van der Waals surface area contributed by atoms with E-state index in [4.69, 9.17) is 9.47 Å². The van der Waals surface area contributed by atoms with Gasteiger partial charge in [0.2, 0.25) is 15.9 Å². The van der Waals surface area contributed by atoms with E-state index in [0.717, 1.165) is 5.39 Å². The van der Waals surface area contributed by atoms with Gasteiger partial charge in [-0.2, -0.15) is 4.72 Å². The highest BCUT2D eigenvalue weighted by atomic mass is 32.2. The molecule has 0 radical (unpaired) electrons. The summed E-state index contributed by atoms with van der Waals surface area (Å²) in [7, 11) is -4.25. The Labute approximate surface area is 229 Å². The van der Waals surface area contributed by atoms with Crippen LogP contribution < -0.4 is 4.72 Å². The Bertz CT molecular complexity index is 1420. The number of fused-ring (bicyclic) bond motifs is 1. The topological polar surface area (TPSA) is 119 Å². The molecule has 3 aromatic carbocycles. The highest BCUT2D eigenvalue weighted by Crippen LogP contribution is 2.20. The van der Waals surface area contributed by atoms with Crippen molar-refractivity contribution in [3.8, 4) is 0 Å². The zero-order valence-corrected chi connectivity index (χ0v) is 23.4. The Hall–Kier alpha value is -3.76. The Morgan fingerprint density at radius 2 is 1.54 bits per heavy atom. The van der Waals surface area contributed by atoms with Crippen LogP contribution in [0.5, 0.6) is 0 Å². The minimum absolute atomic E-state index is 0.00100. The SMILES string of the molecule is CCOC(=O)CN(Cc1ccccc1)C(=O)[C@H](CC(=O)OC(C)(C)C)NS(=O)(=O)c1ccc2ccccc2c1. The second-order valence-electron chi connectivity index (χ2n) is 9.96. The van der Waals surface area contributed by atoms with Crippen molar-refractivity contribution in [3.63, 3.8) is 0 Å². The van der Waals surface area contributed by atoms with E-state index >= 15 is 0 Å². The average molecular weight is 555 g/mol. The van der Waals surface area contributed by atoms with E-state index in [9.17, 15) is 22.8 Å². The third-order valence-electron chi connectivity index (χ3n) is 5.57. The molecule has 3 aromatic rings. The predicted octanol–water partition coefficient (Wildman–Crippen LogP) is 3.81. The fourth-order valence-corrected chi connectivity index (χ4v) is 5.14. The highest BCUT2D eigenvalue weighted by Gasteiger charge is 2.34. The van der Waals surface area contributed by atoms with Crippen LogP contribution in [0.3, 0.4) is 0 Å². The van der Waals surface area contributed by atoms with Crippen molar-refractivity contribution >= 4 is 38.6 Å². The smallest absolute Gasteiger partial charge is 0.325 e. The molecule has 208 valence electrons. The van der Waals surface area contributed by atoms with Crippen molar-refractivity contribution < 1.29 is 32.3 Å². The van der Waals surface area contributed by atoms with Crippen LogP contribution in [-0.4, -0.2) is 56.0 Å². The van der Waals surface area contributed by atoms with Crippen molar-refractivity contribution in [3.05, 3.63) is 78.4 Å². The van der Waals surface area contributed by atoms with Gasteiger partial charge < -0.3 is 14.4 Å². The first kappa shape index (κ1) is 29.8. The summed E-state index contributed by atoms with van der Waals surface area (Å²) in [5.74, 6) is -2.19. The molecule has 0 spiro atoms. The lowest BCUT2D eigenvalue weighted by atomic mass is 10.1. The number of ether oxygens (including phenoxy) is 2. The van der Waals surface area contributed by atoms with Crippen LogP contribution >= 0.6 is 0 Å². The fraction of sp³-hybridized carbons (Fsp3) is 0.345. The van der Waals surface area contributed by atoms with Gasteiger partial charge in [0.05, 0.1) is 17.9 Å². The predicted molar refractivity (Wildman–Crippen MR) is 147 cm³/mol. The number of esters is 2. The second kappa shape index (κ2) is 12.9. The molecular weight excluding hydrogens is 520 g/mol. The number of carbonyl (C=O) groups excluding carboxylic acids is 3. The molecule has 0 aliphatic carbocycles. The van der Waals surface area contributed by atoms with Crippen LogP contribution in [0.1, 0.15) is 39.7 Å². The average Bonchev–Trinajstić information content (AvgIpc) is 2.86. The Morgan fingerprint density at radius 3 is 2.18 bits per heavy atom. The molecule has 0 heterocycles. The Balaban J connectivity index is 1.96. The summed E-state index contributed by atoms with van der Waals surface area (Å²) in [5, 5.41) is 1.55.